The highest BCUT2D eigenvalue weighted by molar-refractivity contribution is 7.89. The van der Waals surface area contributed by atoms with E-state index in [1.165, 1.54) is 10.4 Å². The number of anilines is 1. The van der Waals surface area contributed by atoms with Gasteiger partial charge in [-0.05, 0) is 49.4 Å². The number of nitrogens with one attached hydrogen (secondary N) is 1. The molecular weight excluding hydrogens is 372 g/mol. The highest BCUT2D eigenvalue weighted by atomic mass is 35.5. The molecule has 2 heterocycles. The quantitative estimate of drug-likeness (QED) is 0.671. The summed E-state index contributed by atoms with van der Waals surface area (Å²) >= 11 is 6.09. The first-order chi connectivity index (χ1) is 12.4. The summed E-state index contributed by atoms with van der Waals surface area (Å²) in [6.07, 6.45) is 3.34. The first-order valence-electron chi connectivity index (χ1n) is 8.53. The third-order valence-corrected chi connectivity index (χ3v) is 6.56. The van der Waals surface area contributed by atoms with Crippen molar-refractivity contribution in [3.05, 3.63) is 52.9 Å². The lowest BCUT2D eigenvalue weighted by Gasteiger charge is -2.27. The van der Waals surface area contributed by atoms with Crippen molar-refractivity contribution in [3.8, 4) is 0 Å². The molecule has 1 aliphatic carbocycles. The average molecular weight is 391 g/mol. The van der Waals surface area contributed by atoms with Crippen LogP contribution in [0.2, 0.25) is 5.28 Å². The summed E-state index contributed by atoms with van der Waals surface area (Å²) in [5, 5.41) is 4.07. The SMILES string of the molecule is Cc1cc2c(NC3CCC3)nc(Cl)nc2n1S(=O)(=O)Cc1ccccc1. The number of aromatic nitrogens is 3. The molecule has 1 N–H and O–H groups in total. The molecule has 136 valence electrons. The van der Waals surface area contributed by atoms with Gasteiger partial charge in [0.05, 0.1) is 11.1 Å². The monoisotopic (exact) mass is 390 g/mol. The van der Waals surface area contributed by atoms with E-state index in [0.717, 1.165) is 18.4 Å². The molecule has 3 aromatic rings. The van der Waals surface area contributed by atoms with Crippen molar-refractivity contribution in [3.63, 3.8) is 0 Å². The van der Waals surface area contributed by atoms with Gasteiger partial charge < -0.3 is 5.32 Å². The molecule has 0 amide bonds. The van der Waals surface area contributed by atoms with E-state index in [0.29, 0.717) is 28.6 Å². The first-order valence-corrected chi connectivity index (χ1v) is 10.5. The summed E-state index contributed by atoms with van der Waals surface area (Å²) in [4.78, 5) is 8.49. The van der Waals surface area contributed by atoms with Gasteiger partial charge in [-0.3, -0.25) is 0 Å². The zero-order chi connectivity index (χ0) is 18.3. The van der Waals surface area contributed by atoms with Crippen LogP contribution < -0.4 is 5.32 Å². The lowest BCUT2D eigenvalue weighted by atomic mass is 9.93. The number of rotatable bonds is 5. The second kappa shape index (κ2) is 6.55. The molecule has 0 bridgehead atoms. The largest absolute Gasteiger partial charge is 0.367 e. The van der Waals surface area contributed by atoms with Crippen molar-refractivity contribution in [1.29, 1.82) is 0 Å². The summed E-state index contributed by atoms with van der Waals surface area (Å²) in [6.45, 7) is 1.76. The van der Waals surface area contributed by atoms with Gasteiger partial charge in [0.2, 0.25) is 15.3 Å². The molecule has 1 saturated carbocycles. The maximum atomic E-state index is 13.0. The van der Waals surface area contributed by atoms with E-state index in [-0.39, 0.29) is 11.0 Å². The normalized spacial score (nSPS) is 15.2. The van der Waals surface area contributed by atoms with Crippen LogP contribution in [0.1, 0.15) is 30.5 Å². The Balaban J connectivity index is 1.81. The van der Waals surface area contributed by atoms with Crippen LogP contribution in [0.25, 0.3) is 11.0 Å². The Morgan fingerprint density at radius 3 is 2.62 bits per heavy atom. The van der Waals surface area contributed by atoms with E-state index in [2.05, 4.69) is 15.3 Å². The topological polar surface area (TPSA) is 76.9 Å². The van der Waals surface area contributed by atoms with E-state index in [4.69, 9.17) is 11.6 Å². The van der Waals surface area contributed by atoms with Gasteiger partial charge in [0, 0.05) is 11.7 Å². The van der Waals surface area contributed by atoms with Crippen LogP contribution in [-0.2, 0) is 15.8 Å². The fourth-order valence-electron chi connectivity index (χ4n) is 3.21. The summed E-state index contributed by atoms with van der Waals surface area (Å²) in [6, 6.07) is 11.3. The fraction of sp³-hybridized carbons (Fsp3) is 0.333. The van der Waals surface area contributed by atoms with Crippen LogP contribution in [0.3, 0.4) is 0 Å². The molecule has 4 rings (SSSR count). The zero-order valence-corrected chi connectivity index (χ0v) is 15.9. The Labute approximate surface area is 157 Å². The van der Waals surface area contributed by atoms with E-state index in [1.807, 2.05) is 18.2 Å². The van der Waals surface area contributed by atoms with Gasteiger partial charge in [0.15, 0.2) is 5.65 Å². The summed E-state index contributed by atoms with van der Waals surface area (Å²) in [5.41, 5.74) is 1.63. The van der Waals surface area contributed by atoms with E-state index in [1.54, 1.807) is 25.1 Å². The van der Waals surface area contributed by atoms with E-state index >= 15 is 0 Å². The molecule has 0 saturated heterocycles. The lowest BCUT2D eigenvalue weighted by Crippen LogP contribution is -2.27. The van der Waals surface area contributed by atoms with Gasteiger partial charge in [-0.1, -0.05) is 30.3 Å². The van der Waals surface area contributed by atoms with Crippen LogP contribution in [0.15, 0.2) is 36.4 Å². The second-order valence-corrected chi connectivity index (χ2v) is 8.80. The van der Waals surface area contributed by atoms with Crippen molar-refractivity contribution in [1.82, 2.24) is 13.9 Å². The van der Waals surface area contributed by atoms with Crippen molar-refractivity contribution in [2.45, 2.75) is 38.0 Å². The minimum atomic E-state index is -3.64. The molecule has 1 aliphatic rings. The molecule has 8 heteroatoms. The van der Waals surface area contributed by atoms with Crippen LogP contribution in [-0.4, -0.2) is 28.4 Å². The Bertz CT molecular complexity index is 1060. The molecule has 1 fully saturated rings. The standard InChI is InChI=1S/C18H19ClN4O2S/c1-12-10-15-16(20-14-8-5-9-14)21-18(19)22-17(15)23(12)26(24,25)11-13-6-3-2-4-7-13/h2-4,6-7,10,14H,5,8-9,11H2,1H3,(H,20,21,22). The first kappa shape index (κ1) is 17.3. The predicted molar refractivity (Wildman–Crippen MR) is 103 cm³/mol. The maximum absolute atomic E-state index is 13.0. The number of halogens is 1. The van der Waals surface area contributed by atoms with Gasteiger partial charge in [-0.2, -0.15) is 4.98 Å². The number of nitrogens with zero attached hydrogens (tertiary/aromatic N) is 3. The van der Waals surface area contributed by atoms with Gasteiger partial charge in [0.25, 0.3) is 0 Å². The summed E-state index contributed by atoms with van der Waals surface area (Å²) < 4.78 is 27.4. The Kier molecular flexibility index (Phi) is 4.36. The molecule has 0 atom stereocenters. The molecule has 0 aliphatic heterocycles. The van der Waals surface area contributed by atoms with Crippen LogP contribution in [0.5, 0.6) is 0 Å². The number of fused-ring (bicyclic) bond motifs is 1. The smallest absolute Gasteiger partial charge is 0.244 e. The van der Waals surface area contributed by atoms with E-state index in [9.17, 15) is 8.42 Å². The molecule has 6 nitrogen and oxygen atoms in total. The third-order valence-electron chi connectivity index (χ3n) is 4.68. The summed E-state index contributed by atoms with van der Waals surface area (Å²) in [7, 11) is -3.64. The fourth-order valence-corrected chi connectivity index (χ4v) is 5.01. The number of aryl methyl sites for hydroxylation is 1. The minimum absolute atomic E-state index is 0.0357. The Hall–Kier alpha value is -2.12. The number of hydrogen-bond acceptors (Lipinski definition) is 5. The van der Waals surface area contributed by atoms with Gasteiger partial charge in [-0.25, -0.2) is 17.4 Å². The number of hydrogen-bond donors (Lipinski definition) is 1. The lowest BCUT2D eigenvalue weighted by molar-refractivity contribution is 0.445. The van der Waals surface area contributed by atoms with Crippen molar-refractivity contribution in [2.24, 2.45) is 0 Å². The van der Waals surface area contributed by atoms with Crippen molar-refractivity contribution >= 4 is 38.5 Å². The highest BCUT2D eigenvalue weighted by Crippen LogP contribution is 2.31. The molecule has 2 aromatic heterocycles. The predicted octanol–water partition coefficient (Wildman–Crippen LogP) is 3.74. The molecule has 0 radical (unpaired) electrons. The van der Waals surface area contributed by atoms with Gasteiger partial charge >= 0.3 is 0 Å². The maximum Gasteiger partial charge on any atom is 0.244 e. The highest BCUT2D eigenvalue weighted by Gasteiger charge is 2.25. The number of benzene rings is 1. The third kappa shape index (κ3) is 3.17. The van der Waals surface area contributed by atoms with Crippen LogP contribution in [0.4, 0.5) is 5.82 Å². The van der Waals surface area contributed by atoms with Crippen LogP contribution in [0, 0.1) is 6.92 Å². The molecular formula is C18H19ClN4O2S. The van der Waals surface area contributed by atoms with Crippen LogP contribution >= 0.6 is 11.6 Å². The summed E-state index contributed by atoms with van der Waals surface area (Å²) in [5.74, 6) is 0.493. The Morgan fingerprint density at radius 1 is 1.23 bits per heavy atom. The minimum Gasteiger partial charge on any atom is -0.367 e. The van der Waals surface area contributed by atoms with Crippen molar-refractivity contribution in [2.75, 3.05) is 5.32 Å². The molecule has 0 spiro atoms. The molecule has 1 aromatic carbocycles. The van der Waals surface area contributed by atoms with Gasteiger partial charge in [-0.15, -0.1) is 0 Å². The average Bonchev–Trinajstić information content (AvgIpc) is 2.88. The molecule has 0 unspecified atom stereocenters. The van der Waals surface area contributed by atoms with Gasteiger partial charge in [0.1, 0.15) is 5.82 Å². The zero-order valence-electron chi connectivity index (χ0n) is 14.3. The Morgan fingerprint density at radius 2 is 1.96 bits per heavy atom. The second-order valence-electron chi connectivity index (χ2n) is 6.64. The van der Waals surface area contributed by atoms with E-state index < -0.39 is 10.0 Å². The van der Waals surface area contributed by atoms with Crippen molar-refractivity contribution < 1.29 is 8.42 Å². The molecule has 26 heavy (non-hydrogen) atoms.